The molecule has 0 radical (unpaired) electrons. The smallest absolute Gasteiger partial charge is 0.307 e. The summed E-state index contributed by atoms with van der Waals surface area (Å²) in [5.41, 5.74) is 7.34. The van der Waals surface area contributed by atoms with Crippen LogP contribution in [-0.2, 0) is 14.2 Å². The van der Waals surface area contributed by atoms with E-state index in [1.54, 1.807) is 0 Å². The van der Waals surface area contributed by atoms with Crippen LogP contribution in [0.1, 0.15) is 53.4 Å². The maximum Gasteiger partial charge on any atom is 0.307 e. The van der Waals surface area contributed by atoms with Crippen LogP contribution in [0.5, 0.6) is 0 Å². The van der Waals surface area contributed by atoms with E-state index >= 15 is 0 Å². The molecule has 0 aromatic heterocycles. The molecule has 148 valence electrons. The highest BCUT2D eigenvalue weighted by atomic mass is 31.2. The highest BCUT2D eigenvalue weighted by Crippen LogP contribution is 2.47. The molecule has 0 saturated carbocycles. The molecule has 3 atom stereocenters. The molecule has 0 spiro atoms. The molecule has 0 aliphatic heterocycles. The molecule has 26 heavy (non-hydrogen) atoms. The van der Waals surface area contributed by atoms with Crippen molar-refractivity contribution in [2.75, 3.05) is 12.3 Å². The number of hydrogen-bond donors (Lipinski definition) is 3. The van der Waals surface area contributed by atoms with Crippen LogP contribution in [-0.4, -0.2) is 34.2 Å². The van der Waals surface area contributed by atoms with E-state index in [0.717, 1.165) is 18.4 Å². The van der Waals surface area contributed by atoms with Gasteiger partial charge in [-0.2, -0.15) is 0 Å². The Hall–Kier alpha value is -1.39. The van der Waals surface area contributed by atoms with E-state index in [4.69, 9.17) is 5.73 Å². The molecule has 0 aromatic rings. The standard InChI is InChI=1S/C19H32NO5P/c1-13(5-8-16-9-6-14(2)19(16,3)4)11-26(24,25)12-15(18(22)23)7-10-17(20)21/h5-6,15-16H,7-12H2,1-4H3,(H2,20,21)(H,22,23)(H,24,25)/b13-5+. The minimum atomic E-state index is -3.64. The first-order chi connectivity index (χ1) is 11.8. The third kappa shape index (κ3) is 6.73. The average molecular weight is 385 g/mol. The van der Waals surface area contributed by atoms with Crippen LogP contribution in [0, 0.1) is 17.3 Å². The van der Waals surface area contributed by atoms with Crippen molar-refractivity contribution in [1.82, 2.24) is 0 Å². The molecular formula is C19H32NO5P. The molecule has 6 nitrogen and oxygen atoms in total. The zero-order chi connectivity index (χ0) is 20.1. The predicted octanol–water partition coefficient (Wildman–Crippen LogP) is 3.55. The predicted molar refractivity (Wildman–Crippen MR) is 103 cm³/mol. The molecule has 0 heterocycles. The molecule has 0 bridgehead atoms. The number of carbonyl (C=O) groups is 2. The molecular weight excluding hydrogens is 353 g/mol. The van der Waals surface area contributed by atoms with Gasteiger partial charge in [-0.25, -0.2) is 0 Å². The Kier molecular flexibility index (Phi) is 7.85. The number of primary amides is 1. The molecule has 0 saturated heterocycles. The van der Waals surface area contributed by atoms with E-state index in [2.05, 4.69) is 26.8 Å². The van der Waals surface area contributed by atoms with Crippen molar-refractivity contribution in [3.8, 4) is 0 Å². The Balaban J connectivity index is 2.65. The van der Waals surface area contributed by atoms with Crippen LogP contribution < -0.4 is 5.73 Å². The van der Waals surface area contributed by atoms with Crippen LogP contribution >= 0.6 is 7.37 Å². The Morgan fingerprint density at radius 3 is 2.54 bits per heavy atom. The maximum atomic E-state index is 12.5. The molecule has 4 N–H and O–H groups in total. The molecule has 1 aliphatic rings. The maximum absolute atomic E-state index is 12.5. The fourth-order valence-electron chi connectivity index (χ4n) is 3.41. The van der Waals surface area contributed by atoms with Gasteiger partial charge in [0.15, 0.2) is 0 Å². The molecule has 1 amide bonds. The topological polar surface area (TPSA) is 118 Å². The normalized spacial score (nSPS) is 23.2. The average Bonchev–Trinajstić information content (AvgIpc) is 2.74. The lowest BCUT2D eigenvalue weighted by Crippen LogP contribution is -2.22. The number of aliphatic carboxylic acids is 1. The van der Waals surface area contributed by atoms with Crippen LogP contribution in [0.15, 0.2) is 23.3 Å². The quantitative estimate of drug-likeness (QED) is 0.393. The van der Waals surface area contributed by atoms with Gasteiger partial charge in [-0.3, -0.25) is 14.2 Å². The lowest BCUT2D eigenvalue weighted by Gasteiger charge is -2.29. The lowest BCUT2D eigenvalue weighted by atomic mass is 9.76. The second kappa shape index (κ2) is 9.01. The highest BCUT2D eigenvalue weighted by molar-refractivity contribution is 7.58. The first kappa shape index (κ1) is 22.7. The SMILES string of the molecule is CC1=CCC(C/C=C(\C)CP(=O)(O)CC(CCC(N)=O)C(=O)O)C1(C)C. The summed E-state index contributed by atoms with van der Waals surface area (Å²) < 4.78 is 12.5. The van der Waals surface area contributed by atoms with Gasteiger partial charge in [-0.15, -0.1) is 0 Å². The van der Waals surface area contributed by atoms with Gasteiger partial charge in [0, 0.05) is 18.7 Å². The van der Waals surface area contributed by atoms with E-state index < -0.39 is 25.2 Å². The van der Waals surface area contributed by atoms with Crippen LogP contribution in [0.3, 0.4) is 0 Å². The van der Waals surface area contributed by atoms with Gasteiger partial charge in [0.2, 0.25) is 13.3 Å². The van der Waals surface area contributed by atoms with Crippen LogP contribution in [0.25, 0.3) is 0 Å². The van der Waals surface area contributed by atoms with Gasteiger partial charge < -0.3 is 15.7 Å². The van der Waals surface area contributed by atoms with Crippen molar-refractivity contribution >= 4 is 19.2 Å². The third-order valence-corrected chi connectivity index (χ3v) is 7.59. The Morgan fingerprint density at radius 1 is 1.46 bits per heavy atom. The first-order valence-electron chi connectivity index (χ1n) is 9.00. The first-order valence-corrected chi connectivity index (χ1v) is 11.0. The van der Waals surface area contributed by atoms with Crippen molar-refractivity contribution in [1.29, 1.82) is 0 Å². The number of nitrogens with two attached hydrogens (primary N) is 1. The van der Waals surface area contributed by atoms with Gasteiger partial charge in [-0.1, -0.05) is 37.1 Å². The van der Waals surface area contributed by atoms with Crippen LogP contribution in [0.2, 0.25) is 0 Å². The number of rotatable bonds is 10. The summed E-state index contributed by atoms with van der Waals surface area (Å²) in [7, 11) is -3.64. The van der Waals surface area contributed by atoms with Gasteiger partial charge in [-0.05, 0) is 44.4 Å². The Morgan fingerprint density at radius 2 is 2.08 bits per heavy atom. The minimum absolute atomic E-state index is 0.0147. The molecule has 0 aromatic carbocycles. The van der Waals surface area contributed by atoms with Crippen molar-refractivity contribution in [3.63, 3.8) is 0 Å². The number of hydrogen-bond acceptors (Lipinski definition) is 3. The van der Waals surface area contributed by atoms with E-state index in [1.165, 1.54) is 5.57 Å². The van der Waals surface area contributed by atoms with Gasteiger partial charge >= 0.3 is 5.97 Å². The summed E-state index contributed by atoms with van der Waals surface area (Å²) in [5, 5.41) is 9.21. The van der Waals surface area contributed by atoms with Crippen molar-refractivity contribution < 1.29 is 24.2 Å². The van der Waals surface area contributed by atoms with Crippen molar-refractivity contribution in [3.05, 3.63) is 23.3 Å². The van der Waals surface area contributed by atoms with Crippen molar-refractivity contribution in [2.45, 2.75) is 53.4 Å². The molecule has 3 unspecified atom stereocenters. The number of carboxylic acid groups (broad SMARTS) is 1. The zero-order valence-electron chi connectivity index (χ0n) is 16.2. The van der Waals surface area contributed by atoms with Gasteiger partial charge in [0.25, 0.3) is 0 Å². The number of carboxylic acids is 1. The van der Waals surface area contributed by atoms with Gasteiger partial charge in [0.1, 0.15) is 0 Å². The fourth-order valence-corrected chi connectivity index (χ4v) is 5.47. The summed E-state index contributed by atoms with van der Waals surface area (Å²) in [5.74, 6) is -2.34. The number of amides is 1. The highest BCUT2D eigenvalue weighted by Gasteiger charge is 2.34. The summed E-state index contributed by atoms with van der Waals surface area (Å²) >= 11 is 0. The lowest BCUT2D eigenvalue weighted by molar-refractivity contribution is -0.141. The Labute approximate surface area is 156 Å². The Bertz CT molecular complexity index is 650. The summed E-state index contributed by atoms with van der Waals surface area (Å²) in [6, 6.07) is 0. The van der Waals surface area contributed by atoms with E-state index in [9.17, 15) is 24.2 Å². The largest absolute Gasteiger partial charge is 0.481 e. The number of carbonyl (C=O) groups excluding carboxylic acids is 1. The zero-order valence-corrected chi connectivity index (χ0v) is 17.1. The van der Waals surface area contributed by atoms with Gasteiger partial charge in [0.05, 0.1) is 5.92 Å². The van der Waals surface area contributed by atoms with E-state index in [-0.39, 0.29) is 30.6 Å². The van der Waals surface area contributed by atoms with E-state index in [1.807, 2.05) is 13.0 Å². The van der Waals surface area contributed by atoms with E-state index in [0.29, 0.717) is 5.92 Å². The fraction of sp³-hybridized carbons (Fsp3) is 0.684. The third-order valence-electron chi connectivity index (χ3n) is 5.59. The number of allylic oxidation sites excluding steroid dienone is 4. The molecule has 1 aliphatic carbocycles. The second-order valence-corrected chi connectivity index (χ2v) is 10.4. The molecule has 1 rings (SSSR count). The monoisotopic (exact) mass is 385 g/mol. The molecule has 0 fully saturated rings. The van der Waals surface area contributed by atoms with Crippen LogP contribution in [0.4, 0.5) is 0 Å². The van der Waals surface area contributed by atoms with Crippen molar-refractivity contribution in [2.24, 2.45) is 23.0 Å². The summed E-state index contributed by atoms with van der Waals surface area (Å²) in [4.78, 5) is 32.3. The molecule has 7 heteroatoms. The second-order valence-electron chi connectivity index (χ2n) is 8.05. The summed E-state index contributed by atoms with van der Waals surface area (Å²) in [6.45, 7) is 8.38. The minimum Gasteiger partial charge on any atom is -0.481 e. The summed E-state index contributed by atoms with van der Waals surface area (Å²) in [6.07, 6.45) is 5.61.